The molecule has 116 valence electrons. The fourth-order valence-corrected chi connectivity index (χ4v) is 2.32. The Morgan fingerprint density at radius 2 is 1.95 bits per heavy atom. The van der Waals surface area contributed by atoms with Crippen molar-refractivity contribution in [2.45, 2.75) is 13.0 Å². The van der Waals surface area contributed by atoms with Gasteiger partial charge < -0.3 is 14.8 Å². The van der Waals surface area contributed by atoms with Gasteiger partial charge in [0.05, 0.1) is 12.4 Å². The second kappa shape index (κ2) is 5.66. The number of rotatable bonds is 4. The van der Waals surface area contributed by atoms with E-state index >= 15 is 0 Å². The molecule has 2 aromatic heterocycles. The van der Waals surface area contributed by atoms with Gasteiger partial charge in [-0.3, -0.25) is 9.78 Å². The maximum atomic E-state index is 13.4. The molecule has 9 heteroatoms. The number of likely N-dealkylation sites (N-methyl/N-ethyl adjacent to an activating group) is 1. The summed E-state index contributed by atoms with van der Waals surface area (Å²) in [6.45, 7) is 1.45. The lowest BCUT2D eigenvalue weighted by Gasteiger charge is -2.23. The Hall–Kier alpha value is -2.58. The first-order valence-electron chi connectivity index (χ1n) is 6.78. The fraction of sp³-hybridized carbons (Fsp3) is 0.385. The van der Waals surface area contributed by atoms with Gasteiger partial charge in [0.2, 0.25) is 5.82 Å². The van der Waals surface area contributed by atoms with Crippen LogP contribution in [0.4, 0.5) is 14.5 Å². The molecule has 0 bridgehead atoms. The van der Waals surface area contributed by atoms with Crippen molar-refractivity contribution in [3.8, 4) is 0 Å². The lowest BCUT2D eigenvalue weighted by molar-refractivity contribution is 0.0740. The van der Waals surface area contributed by atoms with Crippen LogP contribution >= 0.6 is 0 Å². The highest BCUT2D eigenvalue weighted by Gasteiger charge is 2.26. The predicted octanol–water partition coefficient (Wildman–Crippen LogP) is 0.691. The van der Waals surface area contributed by atoms with E-state index in [-0.39, 0.29) is 18.1 Å². The number of nitrogens with one attached hydrogen (secondary N) is 1. The predicted molar refractivity (Wildman–Crippen MR) is 73.3 cm³/mol. The molecule has 0 spiro atoms. The van der Waals surface area contributed by atoms with E-state index < -0.39 is 11.6 Å². The van der Waals surface area contributed by atoms with E-state index in [1.165, 1.54) is 0 Å². The SMILES string of the molecule is CN1CCn2c(CCNc3c(F)cncc3F)nnc2C1=O. The summed E-state index contributed by atoms with van der Waals surface area (Å²) in [5.74, 6) is -0.770. The van der Waals surface area contributed by atoms with Crippen molar-refractivity contribution in [3.63, 3.8) is 0 Å². The minimum absolute atomic E-state index is 0.177. The Bertz CT molecular complexity index is 696. The number of hydrogen-bond acceptors (Lipinski definition) is 5. The van der Waals surface area contributed by atoms with Crippen LogP contribution < -0.4 is 5.32 Å². The van der Waals surface area contributed by atoms with Crippen LogP contribution in [0.1, 0.15) is 16.4 Å². The van der Waals surface area contributed by atoms with Crippen molar-refractivity contribution in [2.75, 3.05) is 25.5 Å². The van der Waals surface area contributed by atoms with Crippen molar-refractivity contribution in [3.05, 3.63) is 35.7 Å². The first-order valence-corrected chi connectivity index (χ1v) is 6.78. The molecule has 0 saturated heterocycles. The van der Waals surface area contributed by atoms with E-state index in [4.69, 9.17) is 0 Å². The van der Waals surface area contributed by atoms with Crippen LogP contribution in [0, 0.1) is 11.6 Å². The van der Waals surface area contributed by atoms with Crippen molar-refractivity contribution in [1.29, 1.82) is 0 Å². The molecule has 7 nitrogen and oxygen atoms in total. The third-order valence-corrected chi connectivity index (χ3v) is 3.53. The molecular weight excluding hydrogens is 294 g/mol. The number of amides is 1. The first kappa shape index (κ1) is 14.4. The number of halogens is 2. The lowest BCUT2D eigenvalue weighted by atomic mass is 10.3. The van der Waals surface area contributed by atoms with E-state index in [2.05, 4.69) is 20.5 Å². The minimum Gasteiger partial charge on any atom is -0.380 e. The quantitative estimate of drug-likeness (QED) is 0.899. The van der Waals surface area contributed by atoms with E-state index in [9.17, 15) is 13.6 Å². The van der Waals surface area contributed by atoms with Gasteiger partial charge in [-0.1, -0.05) is 0 Å². The van der Waals surface area contributed by atoms with E-state index in [0.717, 1.165) is 12.4 Å². The Labute approximate surface area is 125 Å². The van der Waals surface area contributed by atoms with Gasteiger partial charge in [0, 0.05) is 33.1 Å². The molecule has 1 aliphatic heterocycles. The third kappa shape index (κ3) is 2.49. The molecule has 0 unspecified atom stereocenters. The van der Waals surface area contributed by atoms with E-state index in [0.29, 0.717) is 31.2 Å². The summed E-state index contributed by atoms with van der Waals surface area (Å²) >= 11 is 0. The molecule has 0 aromatic carbocycles. The zero-order valence-corrected chi connectivity index (χ0v) is 11.9. The van der Waals surface area contributed by atoms with E-state index in [1.54, 1.807) is 16.5 Å². The smallest absolute Gasteiger partial charge is 0.291 e. The standard InChI is InChI=1S/C13H14F2N6O/c1-20-4-5-21-10(18-19-12(21)13(20)22)2-3-17-11-8(14)6-16-7-9(11)15/h6-7H,2-5H2,1H3,(H,16,17). The fourth-order valence-electron chi connectivity index (χ4n) is 2.32. The third-order valence-electron chi connectivity index (χ3n) is 3.53. The summed E-state index contributed by atoms with van der Waals surface area (Å²) < 4.78 is 28.6. The molecule has 0 saturated carbocycles. The first-order chi connectivity index (χ1) is 10.6. The van der Waals surface area contributed by atoms with E-state index in [1.807, 2.05) is 0 Å². The second-order valence-electron chi connectivity index (χ2n) is 4.97. The summed E-state index contributed by atoms with van der Waals surface area (Å²) in [6, 6.07) is 0. The van der Waals surface area contributed by atoms with Crippen LogP contribution in [0.15, 0.2) is 12.4 Å². The Morgan fingerprint density at radius 3 is 2.68 bits per heavy atom. The zero-order valence-electron chi connectivity index (χ0n) is 11.9. The van der Waals surface area contributed by atoms with Gasteiger partial charge in [-0.05, 0) is 0 Å². The average molecular weight is 308 g/mol. The van der Waals surface area contributed by atoms with Crippen LogP contribution in [0.3, 0.4) is 0 Å². The number of aromatic nitrogens is 4. The summed E-state index contributed by atoms with van der Waals surface area (Å²) in [4.78, 5) is 16.9. The Balaban J connectivity index is 1.68. The number of nitrogens with zero attached hydrogens (tertiary/aromatic N) is 5. The topological polar surface area (TPSA) is 75.9 Å². The summed E-state index contributed by atoms with van der Waals surface area (Å²) in [5.41, 5.74) is -0.218. The molecule has 0 aliphatic carbocycles. The van der Waals surface area contributed by atoms with Gasteiger partial charge >= 0.3 is 0 Å². The highest BCUT2D eigenvalue weighted by Crippen LogP contribution is 2.17. The lowest BCUT2D eigenvalue weighted by Crippen LogP contribution is -2.38. The molecule has 1 N–H and O–H groups in total. The summed E-state index contributed by atoms with van der Waals surface area (Å²) in [6.07, 6.45) is 2.28. The van der Waals surface area contributed by atoms with Crippen LogP contribution in [-0.2, 0) is 13.0 Å². The average Bonchev–Trinajstić information content (AvgIpc) is 2.90. The van der Waals surface area contributed by atoms with Gasteiger partial charge in [-0.15, -0.1) is 10.2 Å². The number of carbonyl (C=O) groups excluding carboxylic acids is 1. The van der Waals surface area contributed by atoms with Crippen LogP contribution in [-0.4, -0.2) is 50.7 Å². The monoisotopic (exact) mass is 308 g/mol. The van der Waals surface area contributed by atoms with Crippen molar-refractivity contribution in [2.24, 2.45) is 0 Å². The van der Waals surface area contributed by atoms with Gasteiger partial charge in [0.25, 0.3) is 5.91 Å². The number of carbonyl (C=O) groups is 1. The van der Waals surface area contributed by atoms with Gasteiger partial charge in [0.15, 0.2) is 11.6 Å². The van der Waals surface area contributed by atoms with Crippen molar-refractivity contribution >= 4 is 11.6 Å². The van der Waals surface area contributed by atoms with Crippen LogP contribution in [0.25, 0.3) is 0 Å². The molecule has 1 aliphatic rings. The molecule has 1 amide bonds. The molecule has 0 radical (unpaired) electrons. The molecule has 0 fully saturated rings. The maximum Gasteiger partial charge on any atom is 0.291 e. The van der Waals surface area contributed by atoms with Gasteiger partial charge in [0.1, 0.15) is 11.5 Å². The summed E-state index contributed by atoms with van der Waals surface area (Å²) in [7, 11) is 1.71. The minimum atomic E-state index is -0.750. The molecule has 2 aromatic rings. The van der Waals surface area contributed by atoms with Crippen LogP contribution in [0.2, 0.25) is 0 Å². The maximum absolute atomic E-state index is 13.4. The van der Waals surface area contributed by atoms with Crippen molar-refractivity contribution in [1.82, 2.24) is 24.6 Å². The second-order valence-corrected chi connectivity index (χ2v) is 4.97. The Morgan fingerprint density at radius 1 is 1.23 bits per heavy atom. The number of anilines is 1. The number of pyridine rings is 1. The van der Waals surface area contributed by atoms with Crippen LogP contribution in [0.5, 0.6) is 0 Å². The number of hydrogen-bond donors (Lipinski definition) is 1. The highest BCUT2D eigenvalue weighted by molar-refractivity contribution is 5.91. The molecule has 3 rings (SSSR count). The molecule has 3 heterocycles. The Kier molecular flexibility index (Phi) is 3.70. The normalized spacial score (nSPS) is 14.1. The van der Waals surface area contributed by atoms with Crippen molar-refractivity contribution < 1.29 is 13.6 Å². The molecular formula is C13H14F2N6O. The van der Waals surface area contributed by atoms with Gasteiger partial charge in [-0.2, -0.15) is 0 Å². The summed E-state index contributed by atoms with van der Waals surface area (Å²) in [5, 5.41) is 10.5. The molecule has 22 heavy (non-hydrogen) atoms. The largest absolute Gasteiger partial charge is 0.380 e. The molecule has 0 atom stereocenters. The number of fused-ring (bicyclic) bond motifs is 1. The highest BCUT2D eigenvalue weighted by atomic mass is 19.1. The zero-order chi connectivity index (χ0) is 15.7. The van der Waals surface area contributed by atoms with Gasteiger partial charge in [-0.25, -0.2) is 8.78 Å².